The third kappa shape index (κ3) is 2.24. The quantitative estimate of drug-likeness (QED) is 0.820. The van der Waals surface area contributed by atoms with Gasteiger partial charge in [0.1, 0.15) is 0 Å². The molecular formula is C15H21NO. The second kappa shape index (κ2) is 4.79. The summed E-state index contributed by atoms with van der Waals surface area (Å²) in [5.41, 5.74) is 2.93. The normalized spacial score (nSPS) is 32.4. The molecule has 0 amide bonds. The van der Waals surface area contributed by atoms with Gasteiger partial charge >= 0.3 is 0 Å². The Morgan fingerprint density at radius 3 is 2.76 bits per heavy atom. The summed E-state index contributed by atoms with van der Waals surface area (Å²) < 4.78 is 0. The van der Waals surface area contributed by atoms with Crippen molar-refractivity contribution in [2.24, 2.45) is 0 Å². The van der Waals surface area contributed by atoms with Crippen LogP contribution in [0.1, 0.15) is 49.3 Å². The van der Waals surface area contributed by atoms with Gasteiger partial charge in [-0.2, -0.15) is 0 Å². The van der Waals surface area contributed by atoms with Gasteiger partial charge in [0.15, 0.2) is 0 Å². The van der Waals surface area contributed by atoms with E-state index in [1.807, 2.05) is 0 Å². The average Bonchev–Trinajstić information content (AvgIpc) is 2.76. The minimum Gasteiger partial charge on any atom is -0.392 e. The summed E-state index contributed by atoms with van der Waals surface area (Å²) in [5.74, 6) is 0. The first kappa shape index (κ1) is 11.2. The molecule has 2 aliphatic carbocycles. The molecule has 2 heteroatoms. The Bertz CT molecular complexity index is 390. The first-order chi connectivity index (χ1) is 8.34. The van der Waals surface area contributed by atoms with Gasteiger partial charge in [-0.1, -0.05) is 37.1 Å². The van der Waals surface area contributed by atoms with E-state index in [0.29, 0.717) is 12.1 Å². The van der Waals surface area contributed by atoms with E-state index in [2.05, 4.69) is 29.6 Å². The molecule has 0 aliphatic heterocycles. The summed E-state index contributed by atoms with van der Waals surface area (Å²) in [4.78, 5) is 0. The Morgan fingerprint density at radius 1 is 1.06 bits per heavy atom. The maximum Gasteiger partial charge on any atom is 0.0693 e. The Balaban J connectivity index is 1.70. The summed E-state index contributed by atoms with van der Waals surface area (Å²) >= 11 is 0. The van der Waals surface area contributed by atoms with E-state index in [1.165, 1.54) is 36.8 Å². The number of aliphatic hydroxyl groups excluding tert-OH is 1. The van der Waals surface area contributed by atoms with Crippen LogP contribution in [-0.4, -0.2) is 17.3 Å². The molecule has 0 spiro atoms. The highest BCUT2D eigenvalue weighted by Gasteiger charge is 2.28. The van der Waals surface area contributed by atoms with Crippen LogP contribution >= 0.6 is 0 Å². The van der Waals surface area contributed by atoms with E-state index >= 15 is 0 Å². The van der Waals surface area contributed by atoms with Crippen molar-refractivity contribution in [3.05, 3.63) is 35.4 Å². The van der Waals surface area contributed by atoms with Crippen molar-refractivity contribution < 1.29 is 5.11 Å². The topological polar surface area (TPSA) is 32.3 Å². The molecule has 0 saturated heterocycles. The summed E-state index contributed by atoms with van der Waals surface area (Å²) in [6.45, 7) is 0. The first-order valence-corrected chi connectivity index (χ1v) is 6.86. The fourth-order valence-corrected chi connectivity index (χ4v) is 3.29. The number of aliphatic hydroxyl groups is 1. The fraction of sp³-hybridized carbons (Fsp3) is 0.600. The smallest absolute Gasteiger partial charge is 0.0693 e. The second-order valence-corrected chi connectivity index (χ2v) is 5.42. The van der Waals surface area contributed by atoms with Gasteiger partial charge in [-0.25, -0.2) is 0 Å². The average molecular weight is 231 g/mol. The number of hydrogen-bond acceptors (Lipinski definition) is 2. The predicted molar refractivity (Wildman–Crippen MR) is 68.9 cm³/mol. The summed E-state index contributed by atoms with van der Waals surface area (Å²) in [5, 5.41) is 13.7. The maximum atomic E-state index is 10.0. The van der Waals surface area contributed by atoms with Crippen molar-refractivity contribution in [2.45, 2.75) is 56.7 Å². The summed E-state index contributed by atoms with van der Waals surface area (Å²) in [7, 11) is 0. The lowest BCUT2D eigenvalue weighted by Gasteiger charge is -2.31. The van der Waals surface area contributed by atoms with Crippen LogP contribution in [0.2, 0.25) is 0 Å². The Morgan fingerprint density at radius 2 is 1.88 bits per heavy atom. The van der Waals surface area contributed by atoms with Crippen LogP contribution in [0, 0.1) is 0 Å². The fourth-order valence-electron chi connectivity index (χ4n) is 3.29. The van der Waals surface area contributed by atoms with Crippen molar-refractivity contribution in [1.82, 2.24) is 5.32 Å². The molecule has 2 nitrogen and oxygen atoms in total. The molecule has 2 aliphatic rings. The predicted octanol–water partition coefficient (Wildman–Crippen LogP) is 2.57. The highest BCUT2D eigenvalue weighted by molar-refractivity contribution is 5.34. The third-order valence-electron chi connectivity index (χ3n) is 4.28. The van der Waals surface area contributed by atoms with E-state index < -0.39 is 0 Å². The lowest BCUT2D eigenvalue weighted by Crippen LogP contribution is -2.43. The minimum absolute atomic E-state index is 0.142. The van der Waals surface area contributed by atoms with Gasteiger partial charge in [0.05, 0.1) is 6.10 Å². The van der Waals surface area contributed by atoms with Gasteiger partial charge in [-0.3, -0.25) is 0 Å². The Kier molecular flexibility index (Phi) is 3.17. The van der Waals surface area contributed by atoms with E-state index in [0.717, 1.165) is 12.8 Å². The first-order valence-electron chi connectivity index (χ1n) is 6.86. The van der Waals surface area contributed by atoms with Gasteiger partial charge in [0, 0.05) is 12.1 Å². The van der Waals surface area contributed by atoms with Gasteiger partial charge in [0.25, 0.3) is 0 Å². The van der Waals surface area contributed by atoms with Gasteiger partial charge in [-0.15, -0.1) is 0 Å². The van der Waals surface area contributed by atoms with Crippen LogP contribution in [0.25, 0.3) is 0 Å². The molecule has 0 heterocycles. The molecule has 3 atom stereocenters. The van der Waals surface area contributed by atoms with Crippen LogP contribution in [0.4, 0.5) is 0 Å². The SMILES string of the molecule is O[C@@H]1CCCC[C@@H]1N[C@H]1CCc2ccccc21. The third-order valence-corrected chi connectivity index (χ3v) is 4.28. The molecule has 1 fully saturated rings. The van der Waals surface area contributed by atoms with Crippen molar-refractivity contribution in [3.63, 3.8) is 0 Å². The molecule has 1 saturated carbocycles. The zero-order valence-electron chi connectivity index (χ0n) is 10.2. The van der Waals surface area contributed by atoms with Gasteiger partial charge < -0.3 is 10.4 Å². The van der Waals surface area contributed by atoms with Crippen LogP contribution in [0.3, 0.4) is 0 Å². The number of fused-ring (bicyclic) bond motifs is 1. The van der Waals surface area contributed by atoms with E-state index in [9.17, 15) is 5.11 Å². The highest BCUT2D eigenvalue weighted by Crippen LogP contribution is 2.32. The standard InChI is InChI=1S/C15H21NO/c17-15-8-4-3-7-14(15)16-13-10-9-11-5-1-2-6-12(11)13/h1-2,5-6,13-17H,3-4,7-10H2/t13-,14-,15+/m0/s1. The summed E-state index contributed by atoms with van der Waals surface area (Å²) in [6, 6.07) is 9.47. The molecule has 92 valence electrons. The zero-order chi connectivity index (χ0) is 11.7. The zero-order valence-corrected chi connectivity index (χ0v) is 10.2. The molecule has 17 heavy (non-hydrogen) atoms. The number of aryl methyl sites for hydroxylation is 1. The van der Waals surface area contributed by atoms with Crippen LogP contribution in [-0.2, 0) is 6.42 Å². The molecule has 1 aromatic carbocycles. The molecule has 0 bridgehead atoms. The number of benzene rings is 1. The molecule has 0 radical (unpaired) electrons. The number of rotatable bonds is 2. The monoisotopic (exact) mass is 231 g/mol. The molecule has 3 rings (SSSR count). The molecular weight excluding hydrogens is 210 g/mol. The Hall–Kier alpha value is -0.860. The maximum absolute atomic E-state index is 10.0. The number of nitrogens with one attached hydrogen (secondary N) is 1. The lowest BCUT2D eigenvalue weighted by molar-refractivity contribution is 0.0848. The van der Waals surface area contributed by atoms with E-state index in [4.69, 9.17) is 0 Å². The molecule has 2 N–H and O–H groups in total. The van der Waals surface area contributed by atoms with E-state index in [-0.39, 0.29) is 6.10 Å². The lowest BCUT2D eigenvalue weighted by atomic mass is 9.91. The molecule has 1 aromatic rings. The van der Waals surface area contributed by atoms with Crippen LogP contribution < -0.4 is 5.32 Å². The van der Waals surface area contributed by atoms with Crippen molar-refractivity contribution >= 4 is 0 Å². The Labute approximate surface area is 103 Å². The number of hydrogen-bond donors (Lipinski definition) is 2. The second-order valence-electron chi connectivity index (χ2n) is 5.42. The van der Waals surface area contributed by atoms with Gasteiger partial charge in [-0.05, 0) is 36.8 Å². The minimum atomic E-state index is -0.142. The van der Waals surface area contributed by atoms with Gasteiger partial charge in [0.2, 0.25) is 0 Å². The highest BCUT2D eigenvalue weighted by atomic mass is 16.3. The molecule has 0 unspecified atom stereocenters. The van der Waals surface area contributed by atoms with Crippen molar-refractivity contribution in [2.75, 3.05) is 0 Å². The van der Waals surface area contributed by atoms with Crippen molar-refractivity contribution in [3.8, 4) is 0 Å². The van der Waals surface area contributed by atoms with E-state index in [1.54, 1.807) is 0 Å². The summed E-state index contributed by atoms with van der Waals surface area (Å²) in [6.07, 6.45) is 6.74. The molecule has 0 aromatic heterocycles. The van der Waals surface area contributed by atoms with Crippen LogP contribution in [0.15, 0.2) is 24.3 Å². The van der Waals surface area contributed by atoms with Crippen molar-refractivity contribution in [1.29, 1.82) is 0 Å². The van der Waals surface area contributed by atoms with Crippen LogP contribution in [0.5, 0.6) is 0 Å². The largest absolute Gasteiger partial charge is 0.392 e.